The van der Waals surface area contributed by atoms with Crippen LogP contribution in [0.25, 0.3) is 66.8 Å². The molecule has 2 N–H and O–H groups in total. The van der Waals surface area contributed by atoms with Gasteiger partial charge in [-0.15, -0.1) is 4.67 Å². The third-order valence-electron chi connectivity index (χ3n) is 24.4. The molecule has 124 heavy (non-hydrogen) atoms. The maximum Gasteiger partial charge on any atom is 0.502 e. The van der Waals surface area contributed by atoms with E-state index in [-0.39, 0.29) is 17.8 Å². The fraction of sp³-hybridized carbons (Fsp3) is 0.0783. The summed E-state index contributed by atoms with van der Waals surface area (Å²) in [5.74, 6) is 0.540. The Hall–Kier alpha value is -14.5. The second-order valence-electron chi connectivity index (χ2n) is 32.4. The number of hydrogen-bond acceptors (Lipinski definition) is 6. The molecule has 0 fully saturated rings. The van der Waals surface area contributed by atoms with E-state index in [4.69, 9.17) is 0 Å². The number of fused-ring (bicyclic) bond motifs is 1. The van der Waals surface area contributed by atoms with Crippen LogP contribution in [0.2, 0.25) is 0 Å². The SMILES string of the molecule is O=[P+](C1=CC=C(C2=CC(C3=CCC(CN(c4cccc(-c5ccccc5)c4)c4ccccc4Nc4cccc(-c5ccccc5)c4)C=C3)=CC(C3C=CC(P4N(c5cccc(-c6ccccc6)c5)c5ccccc5N4c4cccc(-c5ccccc5)c4)=CC3)C2)CC1)N(c1cccc(-c2ccccc2)c1)c1ccccc1Nc1cccc(-c2ccccc2)c1. The van der Waals surface area contributed by atoms with Gasteiger partial charge < -0.3 is 15.5 Å². The molecule has 20 rings (SSSR count). The van der Waals surface area contributed by atoms with E-state index in [1.165, 1.54) is 77.9 Å². The number of rotatable bonds is 24. The van der Waals surface area contributed by atoms with Crippen molar-refractivity contribution in [3.63, 3.8) is 0 Å². The van der Waals surface area contributed by atoms with Crippen molar-refractivity contribution in [3.8, 4) is 66.8 Å². The highest BCUT2D eigenvalue weighted by Crippen LogP contribution is 2.70. The van der Waals surface area contributed by atoms with Gasteiger partial charge in [-0.1, -0.05) is 346 Å². The molecular weight excluding hydrogens is 1540 g/mol. The van der Waals surface area contributed by atoms with E-state index in [0.717, 1.165) is 122 Å². The molecule has 5 aliphatic rings. The van der Waals surface area contributed by atoms with Crippen molar-refractivity contribution in [2.24, 2.45) is 17.8 Å². The van der Waals surface area contributed by atoms with Crippen LogP contribution in [0.5, 0.6) is 0 Å². The first kappa shape index (κ1) is 78.1. The Labute approximate surface area is 730 Å². The van der Waals surface area contributed by atoms with E-state index in [1.807, 2.05) is 0 Å². The summed E-state index contributed by atoms with van der Waals surface area (Å²) in [6.45, 7) is 0.745. The van der Waals surface area contributed by atoms with Crippen molar-refractivity contribution in [1.29, 1.82) is 0 Å². The molecular formula is C115H93N6OP2+. The average molecular weight is 1640 g/mol. The van der Waals surface area contributed by atoms with E-state index in [2.05, 4.69) is 491 Å². The number of allylic oxidation sites excluding steroid dienone is 15. The first-order chi connectivity index (χ1) is 61.4. The summed E-state index contributed by atoms with van der Waals surface area (Å²) >= 11 is 0. The van der Waals surface area contributed by atoms with E-state index in [1.54, 1.807) is 0 Å². The Kier molecular flexibility index (Phi) is 22.7. The zero-order chi connectivity index (χ0) is 82.9. The molecule has 4 aliphatic carbocycles. The van der Waals surface area contributed by atoms with Gasteiger partial charge in [0.25, 0.3) is 0 Å². The summed E-state index contributed by atoms with van der Waals surface area (Å²) in [6.07, 6.45) is 28.6. The predicted molar refractivity (Wildman–Crippen MR) is 525 cm³/mol. The Balaban J connectivity index is 0.652. The Morgan fingerprint density at radius 1 is 0.355 bits per heavy atom. The summed E-state index contributed by atoms with van der Waals surface area (Å²) < 4.78 is 23.6. The second-order valence-corrected chi connectivity index (χ2v) is 35.8. The molecule has 0 aromatic heterocycles. The normalized spacial score (nSPS) is 16.2. The summed E-state index contributed by atoms with van der Waals surface area (Å²) in [6, 6.07) is 143. The Morgan fingerprint density at radius 2 is 0.790 bits per heavy atom. The number of benzene rings is 15. The molecule has 598 valence electrons. The van der Waals surface area contributed by atoms with Gasteiger partial charge in [0.05, 0.1) is 34.1 Å². The van der Waals surface area contributed by atoms with E-state index in [0.29, 0.717) is 6.42 Å². The largest absolute Gasteiger partial charge is 0.502 e. The number of nitrogens with one attached hydrogen (secondary N) is 2. The molecule has 4 unspecified atom stereocenters. The molecule has 0 saturated heterocycles. The van der Waals surface area contributed by atoms with Crippen LogP contribution in [-0.2, 0) is 4.57 Å². The molecule has 1 aliphatic heterocycles. The van der Waals surface area contributed by atoms with Crippen molar-refractivity contribution in [1.82, 2.24) is 0 Å². The fourth-order valence-electron chi connectivity index (χ4n) is 18.1. The van der Waals surface area contributed by atoms with Gasteiger partial charge in [-0.05, 0) is 252 Å². The third-order valence-corrected chi connectivity index (χ3v) is 28.5. The van der Waals surface area contributed by atoms with Crippen LogP contribution in [-0.4, -0.2) is 6.54 Å². The second kappa shape index (κ2) is 36.1. The summed E-state index contributed by atoms with van der Waals surface area (Å²) in [4.78, 5) is 2.52. The topological polar surface area (TPSA) is 54.1 Å². The van der Waals surface area contributed by atoms with Gasteiger partial charge in [0.15, 0.2) is 5.31 Å². The molecule has 0 amide bonds. The van der Waals surface area contributed by atoms with Crippen molar-refractivity contribution < 1.29 is 4.57 Å². The van der Waals surface area contributed by atoms with Crippen molar-refractivity contribution >= 4 is 84.4 Å². The van der Waals surface area contributed by atoms with Crippen molar-refractivity contribution in [2.45, 2.75) is 32.1 Å². The van der Waals surface area contributed by atoms with E-state index in [9.17, 15) is 0 Å². The highest BCUT2D eigenvalue weighted by Gasteiger charge is 2.43. The van der Waals surface area contributed by atoms with Gasteiger partial charge in [0.1, 0.15) is 13.9 Å². The average Bonchev–Trinajstić information content (AvgIpc) is 1.59. The first-order valence-corrected chi connectivity index (χ1v) is 45.6. The van der Waals surface area contributed by atoms with Crippen molar-refractivity contribution in [3.05, 3.63) is 494 Å². The summed E-state index contributed by atoms with van der Waals surface area (Å²) in [7, 11) is -3.40. The van der Waals surface area contributed by atoms with Crippen LogP contribution in [0.3, 0.4) is 0 Å². The van der Waals surface area contributed by atoms with Crippen LogP contribution in [0.15, 0.2) is 494 Å². The molecule has 15 aromatic rings. The lowest BCUT2D eigenvalue weighted by atomic mass is 9.75. The highest BCUT2D eigenvalue weighted by molar-refractivity contribution is 7.67. The zero-order valence-electron chi connectivity index (χ0n) is 68.9. The Morgan fingerprint density at radius 3 is 1.27 bits per heavy atom. The van der Waals surface area contributed by atoms with Gasteiger partial charge in [0.2, 0.25) is 0 Å². The minimum Gasteiger partial charge on any atom is -0.354 e. The zero-order valence-corrected chi connectivity index (χ0v) is 70.7. The van der Waals surface area contributed by atoms with E-state index >= 15 is 4.57 Å². The number of para-hydroxylation sites is 6. The number of anilines is 12. The van der Waals surface area contributed by atoms with Crippen molar-refractivity contribution in [2.75, 3.05) is 36.1 Å². The minimum atomic E-state index is -2.18. The molecule has 1 heterocycles. The molecule has 4 atom stereocenters. The molecule has 0 spiro atoms. The lowest BCUT2D eigenvalue weighted by Gasteiger charge is -2.36. The smallest absolute Gasteiger partial charge is 0.354 e. The van der Waals surface area contributed by atoms with Gasteiger partial charge in [0, 0.05) is 46.7 Å². The Bertz CT molecular complexity index is 6580. The quantitative estimate of drug-likeness (QED) is 0.0585. The van der Waals surface area contributed by atoms with E-state index < -0.39 is 16.2 Å². The summed E-state index contributed by atoms with van der Waals surface area (Å²) in [5.41, 5.74) is 31.4. The van der Waals surface area contributed by atoms with Crippen LogP contribution in [0.4, 0.5) is 68.2 Å². The summed E-state index contributed by atoms with van der Waals surface area (Å²) in [5, 5.41) is 9.92. The molecule has 7 nitrogen and oxygen atoms in total. The third kappa shape index (κ3) is 16.9. The lowest BCUT2D eigenvalue weighted by molar-refractivity contribution is 0.466. The van der Waals surface area contributed by atoms with Gasteiger partial charge >= 0.3 is 7.95 Å². The maximum absolute atomic E-state index is 16.3. The minimum absolute atomic E-state index is 0.166. The van der Waals surface area contributed by atoms with Gasteiger partial charge in [-0.2, -0.15) is 0 Å². The lowest BCUT2D eigenvalue weighted by Crippen LogP contribution is -2.25. The van der Waals surface area contributed by atoms with Gasteiger partial charge in [-0.3, -0.25) is 9.34 Å². The number of nitrogens with zero attached hydrogens (tertiary/aromatic N) is 4. The number of hydrogen-bond donors (Lipinski definition) is 2. The molecule has 9 heteroatoms. The van der Waals surface area contributed by atoms with Gasteiger partial charge in [-0.25, -0.2) is 0 Å². The molecule has 0 bridgehead atoms. The standard InChI is InChI=1S/C115H93N6OP2/c122-124(121(107-54-30-48-98(81-107)89-41-17-6-18-42-89)113-58-22-20-56-111(113)117-103-50-26-44-94(77-103)85-33-9-2-10-34-85)109-71-67-92(68-72-109)101-74-99(90-63-61-83(62-64-90)82-118(104-51-27-45-95(78-104)86-35-11-3-12-36-86)112-57-21-19-55-110(112)116-102-49-25-43-93(76-102)84-31-7-1-8-32-84)73-100(75-101)91-65-69-108(70-66-91)123-119(105-52-28-46-96(79-105)87-37-13-4-14-38-87)114-59-23-24-60-115(114)120(123)106-53-29-47-97(80-106)88-39-15-5-16-40-88/h1-61,63-65,67,69-71,73-74,76-81,83,91,100,116-117H,62,66,68,72,75,82H2/q+1. The van der Waals surface area contributed by atoms with Crippen LogP contribution < -0.4 is 29.5 Å². The van der Waals surface area contributed by atoms with Crippen LogP contribution in [0, 0.1) is 17.8 Å². The molecule has 0 radical (unpaired) electrons. The fourth-order valence-corrected chi connectivity index (χ4v) is 22.1. The maximum atomic E-state index is 16.3. The predicted octanol–water partition coefficient (Wildman–Crippen LogP) is 32.6. The van der Waals surface area contributed by atoms with Crippen LogP contribution >= 0.6 is 16.2 Å². The molecule has 0 saturated carbocycles. The molecule has 15 aromatic carbocycles. The first-order valence-electron chi connectivity index (χ1n) is 43.2. The highest BCUT2D eigenvalue weighted by atomic mass is 31.1. The van der Waals surface area contributed by atoms with Crippen LogP contribution in [0.1, 0.15) is 32.1 Å². The monoisotopic (exact) mass is 1640 g/mol.